The van der Waals surface area contributed by atoms with Crippen LogP contribution in [0.5, 0.6) is 0 Å². The average molecular weight is 577 g/mol. The predicted octanol–water partition coefficient (Wildman–Crippen LogP) is 4.82. The third-order valence-corrected chi connectivity index (χ3v) is 8.32. The molecule has 0 radical (unpaired) electrons. The Bertz CT molecular complexity index is 1140. The summed E-state index contributed by atoms with van der Waals surface area (Å²) in [5.74, 6) is -0.0308. The van der Waals surface area contributed by atoms with E-state index in [1.165, 1.54) is 12.1 Å². The molecule has 11 heteroatoms. The maximum Gasteiger partial charge on any atom is 0.416 e. The number of pyridine rings is 1. The van der Waals surface area contributed by atoms with Crippen molar-refractivity contribution in [2.24, 2.45) is 0 Å². The Morgan fingerprint density at radius 3 is 2.61 bits per heavy atom. The number of carbonyl (C=O) groups is 1. The van der Waals surface area contributed by atoms with Crippen LogP contribution in [0.2, 0.25) is 0 Å². The van der Waals surface area contributed by atoms with E-state index in [0.29, 0.717) is 37.8 Å². The number of benzene rings is 1. The molecule has 3 saturated heterocycles. The third kappa shape index (κ3) is 7.77. The lowest BCUT2D eigenvalue weighted by atomic mass is 9.97. The number of hydrogen-bond acceptors (Lipinski definition) is 7. The van der Waals surface area contributed by atoms with E-state index in [-0.39, 0.29) is 30.3 Å². The van der Waals surface area contributed by atoms with Gasteiger partial charge in [0.2, 0.25) is 0 Å². The Kier molecular flexibility index (Phi) is 9.79. The zero-order valence-corrected chi connectivity index (χ0v) is 23.4. The number of halogens is 3. The lowest BCUT2D eigenvalue weighted by molar-refractivity contribution is -0.137. The van der Waals surface area contributed by atoms with Crippen molar-refractivity contribution < 1.29 is 32.2 Å². The zero-order valence-electron chi connectivity index (χ0n) is 23.4. The molecule has 224 valence electrons. The molecule has 2 aromatic rings. The van der Waals surface area contributed by atoms with Crippen LogP contribution in [0, 0.1) is 0 Å². The van der Waals surface area contributed by atoms with Gasteiger partial charge in [-0.25, -0.2) is 0 Å². The number of rotatable bonds is 8. The number of hydrogen-bond donors (Lipinski definition) is 2. The number of amides is 1. The molecule has 3 aliphatic heterocycles. The number of ether oxygens (including phenoxy) is 3. The van der Waals surface area contributed by atoms with E-state index in [0.717, 1.165) is 68.5 Å². The topological polar surface area (TPSA) is 85.0 Å². The summed E-state index contributed by atoms with van der Waals surface area (Å²) in [5, 5.41) is 7.05. The van der Waals surface area contributed by atoms with Gasteiger partial charge in [-0.1, -0.05) is 12.1 Å². The monoisotopic (exact) mass is 576 g/mol. The highest BCUT2D eigenvalue weighted by Gasteiger charge is 2.32. The van der Waals surface area contributed by atoms with Gasteiger partial charge in [-0.2, -0.15) is 13.2 Å². The lowest BCUT2D eigenvalue weighted by Gasteiger charge is -2.38. The van der Waals surface area contributed by atoms with Crippen LogP contribution in [0.3, 0.4) is 0 Å². The molecule has 41 heavy (non-hydrogen) atoms. The molecule has 0 bridgehead atoms. The van der Waals surface area contributed by atoms with Crippen molar-refractivity contribution in [1.82, 2.24) is 15.2 Å². The number of nitrogens with zero attached hydrogens (tertiary/aromatic N) is 2. The number of alkyl halides is 3. The van der Waals surface area contributed by atoms with E-state index in [2.05, 4.69) is 15.6 Å². The highest BCUT2D eigenvalue weighted by atomic mass is 19.4. The molecule has 4 heterocycles. The van der Waals surface area contributed by atoms with Gasteiger partial charge >= 0.3 is 6.18 Å². The van der Waals surface area contributed by atoms with Crippen LogP contribution in [0.1, 0.15) is 66.1 Å². The number of piperidine rings is 1. The molecular weight excluding hydrogens is 537 g/mol. The number of nitrogens with one attached hydrogen (secondary N) is 2. The molecular formula is C30H39F3N4O4. The van der Waals surface area contributed by atoms with Crippen molar-refractivity contribution in [2.75, 3.05) is 45.3 Å². The van der Waals surface area contributed by atoms with Crippen LogP contribution in [0.15, 0.2) is 42.7 Å². The first-order valence-electron chi connectivity index (χ1n) is 14.5. The van der Waals surface area contributed by atoms with Crippen LogP contribution >= 0.6 is 0 Å². The molecule has 1 aromatic carbocycles. The molecule has 0 saturated carbocycles. The van der Waals surface area contributed by atoms with Crippen molar-refractivity contribution in [3.8, 4) is 0 Å². The Labute approximate surface area is 238 Å². The maximum atomic E-state index is 13.2. The van der Waals surface area contributed by atoms with Crippen molar-refractivity contribution in [3.63, 3.8) is 0 Å². The molecule has 2 N–H and O–H groups in total. The van der Waals surface area contributed by atoms with Crippen LogP contribution in [-0.4, -0.2) is 80.0 Å². The molecule has 3 fully saturated rings. The summed E-state index contributed by atoms with van der Waals surface area (Å²) in [6.45, 7) is 3.21. The van der Waals surface area contributed by atoms with Gasteiger partial charge in [-0.15, -0.1) is 0 Å². The first-order valence-corrected chi connectivity index (χ1v) is 14.5. The fourth-order valence-electron chi connectivity index (χ4n) is 5.94. The SMILES string of the molecule is CO[C@H]1COCC[C@H]1NC1CCN(C(=O)c2cncc(NC[C@H]3CCC[C@@H](c4ccc(C(F)(F)F)cc4)O3)c2)CC1. The molecule has 1 amide bonds. The minimum Gasteiger partial charge on any atom is -0.381 e. The summed E-state index contributed by atoms with van der Waals surface area (Å²) < 4.78 is 56.0. The molecule has 3 aliphatic rings. The predicted molar refractivity (Wildman–Crippen MR) is 148 cm³/mol. The Balaban J connectivity index is 1.10. The van der Waals surface area contributed by atoms with Crippen molar-refractivity contribution in [2.45, 2.75) is 75.1 Å². The van der Waals surface area contributed by atoms with Crippen molar-refractivity contribution in [1.29, 1.82) is 0 Å². The van der Waals surface area contributed by atoms with Gasteiger partial charge < -0.3 is 29.7 Å². The molecule has 0 unspecified atom stereocenters. The van der Waals surface area contributed by atoms with E-state index in [1.54, 1.807) is 19.5 Å². The summed E-state index contributed by atoms with van der Waals surface area (Å²) in [7, 11) is 1.72. The third-order valence-electron chi connectivity index (χ3n) is 8.32. The van der Waals surface area contributed by atoms with Gasteiger partial charge in [0.1, 0.15) is 0 Å². The van der Waals surface area contributed by atoms with Gasteiger partial charge in [-0.05, 0) is 62.3 Å². The Morgan fingerprint density at radius 1 is 1.10 bits per heavy atom. The van der Waals surface area contributed by atoms with E-state index in [9.17, 15) is 18.0 Å². The van der Waals surface area contributed by atoms with Gasteiger partial charge in [-0.3, -0.25) is 9.78 Å². The number of anilines is 1. The Hall–Kier alpha value is -2.73. The number of likely N-dealkylation sites (tertiary alicyclic amines) is 1. The van der Waals surface area contributed by atoms with E-state index < -0.39 is 11.7 Å². The summed E-state index contributed by atoms with van der Waals surface area (Å²) in [6.07, 6.45) is 3.85. The molecule has 1 aromatic heterocycles. The van der Waals surface area contributed by atoms with Crippen LogP contribution < -0.4 is 10.6 Å². The molecule has 5 rings (SSSR count). The quantitative estimate of drug-likeness (QED) is 0.466. The normalized spacial score (nSPS) is 26.1. The van der Waals surface area contributed by atoms with Gasteiger partial charge in [0, 0.05) is 57.8 Å². The van der Waals surface area contributed by atoms with Gasteiger partial charge in [0.05, 0.1) is 41.7 Å². The van der Waals surface area contributed by atoms with E-state index in [1.807, 2.05) is 11.0 Å². The van der Waals surface area contributed by atoms with E-state index >= 15 is 0 Å². The van der Waals surface area contributed by atoms with Crippen LogP contribution in [-0.2, 0) is 20.4 Å². The highest BCUT2D eigenvalue weighted by Crippen LogP contribution is 2.34. The summed E-state index contributed by atoms with van der Waals surface area (Å²) in [4.78, 5) is 19.4. The lowest BCUT2D eigenvalue weighted by Crippen LogP contribution is -2.54. The fraction of sp³-hybridized carbons (Fsp3) is 0.600. The van der Waals surface area contributed by atoms with Crippen LogP contribution in [0.4, 0.5) is 18.9 Å². The largest absolute Gasteiger partial charge is 0.416 e. The first kappa shape index (κ1) is 29.8. The molecule has 0 aliphatic carbocycles. The van der Waals surface area contributed by atoms with Gasteiger partial charge in [0.25, 0.3) is 5.91 Å². The molecule has 0 spiro atoms. The Morgan fingerprint density at radius 2 is 1.88 bits per heavy atom. The minimum atomic E-state index is -4.35. The number of aromatic nitrogens is 1. The summed E-state index contributed by atoms with van der Waals surface area (Å²) >= 11 is 0. The standard InChI is InChI=1S/C30H39F3N4O4/c1-39-28-19-40-14-11-26(28)36-23-9-12-37(13-10-23)29(38)21-15-24(17-34-16-21)35-18-25-3-2-4-27(41-25)20-5-7-22(8-6-20)30(31,32)33/h5-8,15-17,23,25-28,35-36H,2-4,9-14,18-19H2,1H3/t25-,26-,27+,28+/m1/s1. The summed E-state index contributed by atoms with van der Waals surface area (Å²) in [5.41, 5.74) is 1.37. The summed E-state index contributed by atoms with van der Waals surface area (Å²) in [6, 6.07) is 7.65. The highest BCUT2D eigenvalue weighted by molar-refractivity contribution is 5.94. The number of carbonyl (C=O) groups excluding carboxylic acids is 1. The second-order valence-electron chi connectivity index (χ2n) is 11.1. The smallest absolute Gasteiger partial charge is 0.381 e. The number of methoxy groups -OCH3 is 1. The minimum absolute atomic E-state index is 0.0308. The van der Waals surface area contributed by atoms with E-state index in [4.69, 9.17) is 14.2 Å². The zero-order chi connectivity index (χ0) is 28.8. The second kappa shape index (κ2) is 13.5. The second-order valence-corrected chi connectivity index (χ2v) is 11.1. The fourth-order valence-corrected chi connectivity index (χ4v) is 5.94. The first-order chi connectivity index (χ1) is 19.8. The molecule has 8 nitrogen and oxygen atoms in total. The average Bonchev–Trinajstić information content (AvgIpc) is 3.00. The maximum absolute atomic E-state index is 13.2. The molecule has 4 atom stereocenters. The van der Waals surface area contributed by atoms with Crippen LogP contribution in [0.25, 0.3) is 0 Å². The van der Waals surface area contributed by atoms with Crippen molar-refractivity contribution >= 4 is 11.6 Å². The van der Waals surface area contributed by atoms with Gasteiger partial charge in [0.15, 0.2) is 0 Å². The van der Waals surface area contributed by atoms with Crippen molar-refractivity contribution in [3.05, 3.63) is 59.4 Å².